The van der Waals surface area contributed by atoms with E-state index in [4.69, 9.17) is 17.3 Å². The molecule has 0 atom stereocenters. The Morgan fingerprint density at radius 2 is 1.89 bits per heavy atom. The lowest BCUT2D eigenvalue weighted by atomic mass is 10.2. The average molecular weight is 295 g/mol. The lowest BCUT2D eigenvalue weighted by molar-refractivity contribution is 0.653. The van der Waals surface area contributed by atoms with Gasteiger partial charge in [-0.1, -0.05) is 11.6 Å². The second-order valence-corrected chi connectivity index (χ2v) is 5.80. The molecule has 3 rings (SSSR count). The molecule has 0 amide bonds. The molecule has 0 bridgehead atoms. The zero-order chi connectivity index (χ0) is 13.2. The largest absolute Gasteiger partial charge is 0.397 e. The number of nitrogen functional groups attached to an aromatic ring is 1. The molecule has 2 aromatic rings. The summed E-state index contributed by atoms with van der Waals surface area (Å²) in [6.07, 6.45) is 1.85. The number of piperazine rings is 1. The van der Waals surface area contributed by atoms with E-state index in [1.807, 2.05) is 29.8 Å². The van der Waals surface area contributed by atoms with Gasteiger partial charge < -0.3 is 15.5 Å². The normalized spacial score (nSPS) is 15.8. The van der Waals surface area contributed by atoms with Crippen molar-refractivity contribution < 1.29 is 0 Å². The molecule has 0 unspecified atom stereocenters. The molecule has 0 saturated carbocycles. The maximum Gasteiger partial charge on any atom is 0.185 e. The van der Waals surface area contributed by atoms with Crippen LogP contribution in [-0.4, -0.2) is 31.2 Å². The molecule has 19 heavy (non-hydrogen) atoms. The second kappa shape index (κ2) is 5.27. The Kier molecular flexibility index (Phi) is 3.48. The van der Waals surface area contributed by atoms with E-state index in [9.17, 15) is 0 Å². The molecule has 100 valence electrons. The van der Waals surface area contributed by atoms with Gasteiger partial charge in [-0.15, -0.1) is 11.3 Å². The number of rotatable bonds is 2. The number of nitrogens with zero attached hydrogens (tertiary/aromatic N) is 3. The molecule has 1 aliphatic rings. The third kappa shape index (κ3) is 2.62. The van der Waals surface area contributed by atoms with E-state index >= 15 is 0 Å². The van der Waals surface area contributed by atoms with E-state index in [2.05, 4.69) is 14.8 Å². The van der Waals surface area contributed by atoms with Crippen LogP contribution < -0.4 is 15.5 Å². The highest BCUT2D eigenvalue weighted by atomic mass is 35.5. The third-order valence-electron chi connectivity index (χ3n) is 3.30. The van der Waals surface area contributed by atoms with Crippen molar-refractivity contribution in [3.8, 4) is 0 Å². The summed E-state index contributed by atoms with van der Waals surface area (Å²) < 4.78 is 0. The van der Waals surface area contributed by atoms with Crippen LogP contribution in [0.15, 0.2) is 29.8 Å². The highest BCUT2D eigenvalue weighted by Gasteiger charge is 2.20. The highest BCUT2D eigenvalue weighted by molar-refractivity contribution is 7.13. The van der Waals surface area contributed by atoms with E-state index in [1.165, 1.54) is 0 Å². The number of anilines is 3. The number of thiazole rings is 1. The lowest BCUT2D eigenvalue weighted by Gasteiger charge is -2.36. The monoisotopic (exact) mass is 294 g/mol. The maximum absolute atomic E-state index is 6.04. The minimum atomic E-state index is 0.728. The number of nitrogens with two attached hydrogens (primary N) is 1. The molecule has 2 heterocycles. The molecule has 0 spiro atoms. The summed E-state index contributed by atoms with van der Waals surface area (Å²) in [5.74, 6) is 0. The first-order valence-corrected chi connectivity index (χ1v) is 7.44. The van der Waals surface area contributed by atoms with Crippen LogP contribution in [0.3, 0.4) is 0 Å². The van der Waals surface area contributed by atoms with Crippen LogP contribution >= 0.6 is 22.9 Å². The lowest BCUT2D eigenvalue weighted by Crippen LogP contribution is -2.46. The molecule has 1 aromatic heterocycles. The maximum atomic E-state index is 6.04. The van der Waals surface area contributed by atoms with Gasteiger partial charge in [-0.2, -0.15) is 0 Å². The van der Waals surface area contributed by atoms with E-state index < -0.39 is 0 Å². The minimum absolute atomic E-state index is 0.728. The Morgan fingerprint density at radius 1 is 1.16 bits per heavy atom. The predicted octanol–water partition coefficient (Wildman–Crippen LogP) is 2.71. The van der Waals surface area contributed by atoms with Crippen molar-refractivity contribution in [2.45, 2.75) is 0 Å². The second-order valence-electron chi connectivity index (χ2n) is 4.49. The highest BCUT2D eigenvalue weighted by Crippen LogP contribution is 2.28. The van der Waals surface area contributed by atoms with Crippen LogP contribution in [0.4, 0.5) is 16.5 Å². The molecule has 1 aromatic carbocycles. The number of aromatic nitrogens is 1. The summed E-state index contributed by atoms with van der Waals surface area (Å²) in [4.78, 5) is 8.94. The number of hydrogen-bond acceptors (Lipinski definition) is 5. The van der Waals surface area contributed by atoms with Crippen molar-refractivity contribution in [2.75, 3.05) is 41.7 Å². The van der Waals surface area contributed by atoms with Gasteiger partial charge in [0.2, 0.25) is 0 Å². The fourth-order valence-corrected chi connectivity index (χ4v) is 3.16. The first-order valence-electron chi connectivity index (χ1n) is 6.18. The van der Waals surface area contributed by atoms with Gasteiger partial charge >= 0.3 is 0 Å². The quantitative estimate of drug-likeness (QED) is 0.865. The van der Waals surface area contributed by atoms with Crippen molar-refractivity contribution in [3.63, 3.8) is 0 Å². The van der Waals surface area contributed by atoms with Gasteiger partial charge in [0.25, 0.3) is 0 Å². The summed E-state index contributed by atoms with van der Waals surface area (Å²) >= 11 is 7.73. The molecule has 1 fully saturated rings. The van der Waals surface area contributed by atoms with Gasteiger partial charge in [0.05, 0.1) is 11.4 Å². The van der Waals surface area contributed by atoms with Crippen LogP contribution in [0.5, 0.6) is 0 Å². The Hall–Kier alpha value is -1.46. The molecule has 1 aliphatic heterocycles. The minimum Gasteiger partial charge on any atom is -0.397 e. The van der Waals surface area contributed by atoms with E-state index in [0.29, 0.717) is 0 Å². The van der Waals surface area contributed by atoms with Crippen LogP contribution in [0.1, 0.15) is 0 Å². The Morgan fingerprint density at radius 3 is 2.58 bits per heavy atom. The van der Waals surface area contributed by atoms with Crippen molar-refractivity contribution in [1.29, 1.82) is 0 Å². The van der Waals surface area contributed by atoms with Crippen LogP contribution in [0.2, 0.25) is 5.02 Å². The van der Waals surface area contributed by atoms with Gasteiger partial charge in [0.1, 0.15) is 0 Å². The first kappa shape index (κ1) is 12.6. The van der Waals surface area contributed by atoms with E-state index in [0.717, 1.165) is 47.7 Å². The van der Waals surface area contributed by atoms with Crippen LogP contribution in [-0.2, 0) is 0 Å². The van der Waals surface area contributed by atoms with Gasteiger partial charge in [-0.3, -0.25) is 0 Å². The van der Waals surface area contributed by atoms with Crippen molar-refractivity contribution in [1.82, 2.24) is 4.98 Å². The molecule has 6 heteroatoms. The topological polar surface area (TPSA) is 45.4 Å². The van der Waals surface area contributed by atoms with Gasteiger partial charge in [0, 0.05) is 42.8 Å². The standard InChI is InChI=1S/C13H15ClN4S/c14-10-1-2-11(15)12(9-10)17-4-6-18(7-5-17)13-16-3-8-19-13/h1-3,8-9H,4-7,15H2. The zero-order valence-corrected chi connectivity index (χ0v) is 12.0. The number of halogens is 1. The van der Waals surface area contributed by atoms with Crippen molar-refractivity contribution in [2.24, 2.45) is 0 Å². The van der Waals surface area contributed by atoms with Crippen LogP contribution in [0.25, 0.3) is 0 Å². The number of hydrogen-bond donors (Lipinski definition) is 1. The van der Waals surface area contributed by atoms with Crippen molar-refractivity contribution in [3.05, 3.63) is 34.8 Å². The number of benzene rings is 1. The Balaban J connectivity index is 1.71. The zero-order valence-electron chi connectivity index (χ0n) is 10.4. The fourth-order valence-electron chi connectivity index (χ4n) is 2.30. The SMILES string of the molecule is Nc1ccc(Cl)cc1N1CCN(c2nccs2)CC1. The van der Waals surface area contributed by atoms with Gasteiger partial charge in [0.15, 0.2) is 5.13 Å². The molecular formula is C13H15ClN4S. The van der Waals surface area contributed by atoms with E-state index in [1.54, 1.807) is 11.3 Å². The van der Waals surface area contributed by atoms with Crippen molar-refractivity contribution >= 4 is 39.4 Å². The smallest absolute Gasteiger partial charge is 0.185 e. The summed E-state index contributed by atoms with van der Waals surface area (Å²) in [6.45, 7) is 3.78. The summed E-state index contributed by atoms with van der Waals surface area (Å²) in [5.41, 5.74) is 7.84. The first-order chi connectivity index (χ1) is 9.24. The molecule has 1 saturated heterocycles. The molecule has 4 nitrogen and oxygen atoms in total. The average Bonchev–Trinajstić information content (AvgIpc) is 2.96. The summed E-state index contributed by atoms with van der Waals surface area (Å²) in [5, 5.41) is 3.83. The summed E-state index contributed by atoms with van der Waals surface area (Å²) in [7, 11) is 0. The molecular weight excluding hydrogens is 280 g/mol. The third-order valence-corrected chi connectivity index (χ3v) is 4.37. The van der Waals surface area contributed by atoms with Gasteiger partial charge in [-0.05, 0) is 18.2 Å². The summed E-state index contributed by atoms with van der Waals surface area (Å²) in [6, 6.07) is 5.63. The Labute approximate surface area is 121 Å². The molecule has 0 radical (unpaired) electrons. The van der Waals surface area contributed by atoms with Gasteiger partial charge in [-0.25, -0.2) is 4.98 Å². The molecule has 2 N–H and O–H groups in total. The Bertz CT molecular complexity index is 550. The predicted molar refractivity (Wildman–Crippen MR) is 82.4 cm³/mol. The molecule has 0 aliphatic carbocycles. The van der Waals surface area contributed by atoms with Crippen LogP contribution in [0, 0.1) is 0 Å². The van der Waals surface area contributed by atoms with E-state index in [-0.39, 0.29) is 0 Å². The fraction of sp³-hybridized carbons (Fsp3) is 0.308.